The summed E-state index contributed by atoms with van der Waals surface area (Å²) in [4.78, 5) is 25.1. The summed E-state index contributed by atoms with van der Waals surface area (Å²) in [5, 5.41) is 5.68. The summed E-state index contributed by atoms with van der Waals surface area (Å²) in [6.07, 6.45) is 2.38. The number of urea groups is 1. The van der Waals surface area contributed by atoms with Gasteiger partial charge in [0.2, 0.25) is 5.88 Å². The summed E-state index contributed by atoms with van der Waals surface area (Å²) in [6, 6.07) is 9.38. The molecule has 28 heavy (non-hydrogen) atoms. The summed E-state index contributed by atoms with van der Waals surface area (Å²) >= 11 is 0. The zero-order chi connectivity index (χ0) is 19.8. The van der Waals surface area contributed by atoms with E-state index in [1.54, 1.807) is 0 Å². The number of carbonyl (C=O) groups is 1. The zero-order valence-electron chi connectivity index (χ0n) is 16.5. The number of hydrogen-bond donors (Lipinski definition) is 2. The average Bonchev–Trinajstić information content (AvgIpc) is 2.72. The number of aryl methyl sites for hydroxylation is 1. The zero-order valence-corrected chi connectivity index (χ0v) is 16.5. The number of rotatable bonds is 7. The molecule has 1 saturated heterocycles. The van der Waals surface area contributed by atoms with Crippen LogP contribution in [0.5, 0.6) is 5.88 Å². The van der Waals surface area contributed by atoms with E-state index in [2.05, 4.69) is 44.4 Å². The lowest BCUT2D eigenvalue weighted by atomic mass is 10.1. The van der Waals surface area contributed by atoms with Crippen molar-refractivity contribution in [1.82, 2.24) is 20.2 Å². The van der Waals surface area contributed by atoms with Gasteiger partial charge in [0.05, 0.1) is 6.54 Å². The van der Waals surface area contributed by atoms with Crippen LogP contribution in [0.3, 0.4) is 0 Å². The van der Waals surface area contributed by atoms with Crippen LogP contribution in [0.4, 0.5) is 16.3 Å². The van der Waals surface area contributed by atoms with Crippen molar-refractivity contribution >= 4 is 17.5 Å². The van der Waals surface area contributed by atoms with Crippen molar-refractivity contribution in [3.63, 3.8) is 0 Å². The third-order valence-corrected chi connectivity index (χ3v) is 4.74. The number of anilines is 2. The number of ether oxygens (including phenoxy) is 1. The first-order valence-electron chi connectivity index (χ1n) is 9.67. The number of amides is 2. The van der Waals surface area contributed by atoms with Gasteiger partial charge in [-0.15, -0.1) is 0 Å². The van der Waals surface area contributed by atoms with Crippen molar-refractivity contribution in [3.05, 3.63) is 42.2 Å². The van der Waals surface area contributed by atoms with Gasteiger partial charge in [0, 0.05) is 37.9 Å². The Morgan fingerprint density at radius 2 is 1.96 bits per heavy atom. The highest BCUT2D eigenvalue weighted by molar-refractivity contribution is 5.90. The van der Waals surface area contributed by atoms with Crippen LogP contribution in [0.15, 0.2) is 36.7 Å². The van der Waals surface area contributed by atoms with Gasteiger partial charge in [0.25, 0.3) is 0 Å². The summed E-state index contributed by atoms with van der Waals surface area (Å²) in [5.74, 6) is 1.39. The van der Waals surface area contributed by atoms with Gasteiger partial charge in [-0.3, -0.25) is 0 Å². The molecule has 0 aliphatic carbocycles. The molecule has 0 radical (unpaired) electrons. The molecule has 0 bridgehead atoms. The topological polar surface area (TPSA) is 82.6 Å². The molecule has 150 valence electrons. The summed E-state index contributed by atoms with van der Waals surface area (Å²) in [5.41, 5.74) is 1.93. The van der Waals surface area contributed by atoms with Crippen LogP contribution >= 0.6 is 0 Å². The maximum absolute atomic E-state index is 12.1. The number of carbonyl (C=O) groups excluding carboxylic acids is 1. The molecule has 0 unspecified atom stereocenters. The van der Waals surface area contributed by atoms with Crippen LogP contribution in [0.25, 0.3) is 0 Å². The maximum atomic E-state index is 12.1. The van der Waals surface area contributed by atoms with Gasteiger partial charge in [0.1, 0.15) is 18.8 Å². The number of likely N-dealkylation sites (N-methyl/N-ethyl adjacent to an activating group) is 1. The van der Waals surface area contributed by atoms with Gasteiger partial charge in [-0.2, -0.15) is 0 Å². The predicted molar refractivity (Wildman–Crippen MR) is 110 cm³/mol. The van der Waals surface area contributed by atoms with E-state index in [1.165, 1.54) is 6.33 Å². The Bertz CT molecular complexity index is 777. The molecule has 2 amide bonds. The lowest BCUT2D eigenvalue weighted by molar-refractivity contribution is 0.246. The average molecular weight is 384 g/mol. The first-order valence-corrected chi connectivity index (χ1v) is 9.67. The molecule has 2 N–H and O–H groups in total. The van der Waals surface area contributed by atoms with E-state index in [0.29, 0.717) is 19.0 Å². The van der Waals surface area contributed by atoms with Gasteiger partial charge in [-0.1, -0.05) is 25.1 Å². The van der Waals surface area contributed by atoms with Crippen LogP contribution in [0, 0.1) is 0 Å². The van der Waals surface area contributed by atoms with E-state index in [1.807, 2.05) is 30.3 Å². The van der Waals surface area contributed by atoms with E-state index in [4.69, 9.17) is 4.74 Å². The molecule has 1 aromatic carbocycles. The normalized spacial score (nSPS) is 14.6. The first-order chi connectivity index (χ1) is 13.7. The third kappa shape index (κ3) is 5.56. The van der Waals surface area contributed by atoms with Crippen molar-refractivity contribution in [2.24, 2.45) is 0 Å². The van der Waals surface area contributed by atoms with Crippen LogP contribution in [0.1, 0.15) is 12.5 Å². The molecule has 0 atom stereocenters. The second kappa shape index (κ2) is 9.89. The summed E-state index contributed by atoms with van der Waals surface area (Å²) in [6.45, 7) is 6.68. The molecule has 8 heteroatoms. The Morgan fingerprint density at radius 1 is 1.18 bits per heavy atom. The number of nitrogens with zero attached hydrogens (tertiary/aromatic N) is 4. The van der Waals surface area contributed by atoms with E-state index in [0.717, 1.165) is 49.7 Å². The molecular weight excluding hydrogens is 356 g/mol. The maximum Gasteiger partial charge on any atom is 0.319 e. The standard InChI is InChI=1S/C20H28N6O2/c1-3-16-6-4-5-7-17(16)24-20(27)21-8-13-28-19-14-18(22-15-23-19)26-11-9-25(2)10-12-26/h4-7,14-15H,3,8-13H2,1-2H3,(H2,21,24,27). The summed E-state index contributed by atoms with van der Waals surface area (Å²) in [7, 11) is 2.12. The monoisotopic (exact) mass is 384 g/mol. The smallest absolute Gasteiger partial charge is 0.319 e. The number of piperazine rings is 1. The molecule has 8 nitrogen and oxygen atoms in total. The Morgan fingerprint density at radius 3 is 2.75 bits per heavy atom. The third-order valence-electron chi connectivity index (χ3n) is 4.74. The van der Waals surface area contributed by atoms with Crippen molar-refractivity contribution < 1.29 is 9.53 Å². The number of hydrogen-bond acceptors (Lipinski definition) is 6. The van der Waals surface area contributed by atoms with E-state index in [-0.39, 0.29) is 6.03 Å². The predicted octanol–water partition coefficient (Wildman–Crippen LogP) is 1.99. The highest BCUT2D eigenvalue weighted by Crippen LogP contribution is 2.17. The van der Waals surface area contributed by atoms with Crippen LogP contribution in [-0.4, -0.2) is 67.3 Å². The Hall–Kier alpha value is -2.87. The molecule has 1 fully saturated rings. The molecule has 2 heterocycles. The van der Waals surface area contributed by atoms with Crippen LogP contribution < -0.4 is 20.3 Å². The van der Waals surface area contributed by atoms with Gasteiger partial charge < -0.3 is 25.2 Å². The fourth-order valence-electron chi connectivity index (χ4n) is 3.05. The Kier molecular flexibility index (Phi) is 7.02. The molecule has 1 aliphatic heterocycles. The molecule has 3 rings (SSSR count). The second-order valence-electron chi connectivity index (χ2n) is 6.74. The largest absolute Gasteiger partial charge is 0.476 e. The minimum absolute atomic E-state index is 0.245. The molecular formula is C20H28N6O2. The van der Waals surface area contributed by atoms with Crippen molar-refractivity contribution in [2.75, 3.05) is 56.6 Å². The highest BCUT2D eigenvalue weighted by atomic mass is 16.5. The first kappa shape index (κ1) is 19.9. The lowest BCUT2D eigenvalue weighted by Crippen LogP contribution is -2.44. The highest BCUT2D eigenvalue weighted by Gasteiger charge is 2.16. The number of para-hydroxylation sites is 1. The molecule has 0 spiro atoms. The number of benzene rings is 1. The molecule has 2 aromatic rings. The van der Waals surface area contributed by atoms with Gasteiger partial charge in [-0.25, -0.2) is 14.8 Å². The van der Waals surface area contributed by atoms with Crippen LogP contribution in [0.2, 0.25) is 0 Å². The number of aromatic nitrogens is 2. The number of nitrogens with one attached hydrogen (secondary N) is 2. The van der Waals surface area contributed by atoms with E-state index < -0.39 is 0 Å². The lowest BCUT2D eigenvalue weighted by Gasteiger charge is -2.33. The van der Waals surface area contributed by atoms with Gasteiger partial charge >= 0.3 is 6.03 Å². The van der Waals surface area contributed by atoms with Crippen molar-refractivity contribution in [2.45, 2.75) is 13.3 Å². The summed E-state index contributed by atoms with van der Waals surface area (Å²) < 4.78 is 5.67. The van der Waals surface area contributed by atoms with Gasteiger partial charge in [0.15, 0.2) is 0 Å². The Labute approximate surface area is 165 Å². The van der Waals surface area contributed by atoms with E-state index >= 15 is 0 Å². The quantitative estimate of drug-likeness (QED) is 0.711. The van der Waals surface area contributed by atoms with Gasteiger partial charge in [-0.05, 0) is 25.1 Å². The van der Waals surface area contributed by atoms with Crippen molar-refractivity contribution in [1.29, 1.82) is 0 Å². The fourth-order valence-corrected chi connectivity index (χ4v) is 3.05. The van der Waals surface area contributed by atoms with Crippen molar-refractivity contribution in [3.8, 4) is 5.88 Å². The minimum atomic E-state index is -0.245. The molecule has 0 saturated carbocycles. The minimum Gasteiger partial charge on any atom is -0.476 e. The second-order valence-corrected chi connectivity index (χ2v) is 6.74. The van der Waals surface area contributed by atoms with Crippen LogP contribution in [-0.2, 0) is 6.42 Å². The SMILES string of the molecule is CCc1ccccc1NC(=O)NCCOc1cc(N2CCN(C)CC2)ncn1. The molecule has 1 aromatic heterocycles. The van der Waals surface area contributed by atoms with E-state index in [9.17, 15) is 4.79 Å². The molecule has 1 aliphatic rings. The fraction of sp³-hybridized carbons (Fsp3) is 0.450. The Balaban J connectivity index is 1.42.